The molecule has 21 heavy (non-hydrogen) atoms. The number of halogens is 2. The molecule has 1 heterocycles. The quantitative estimate of drug-likeness (QED) is 0.622. The number of hydrogen-bond donors (Lipinski definition) is 0. The van der Waals surface area contributed by atoms with Gasteiger partial charge in [-0.1, -0.05) is 0 Å². The minimum absolute atomic E-state index is 0.0348. The monoisotopic (exact) mass is 298 g/mol. The van der Waals surface area contributed by atoms with Crippen LogP contribution < -0.4 is 0 Å². The van der Waals surface area contributed by atoms with Crippen LogP contribution in [0.25, 0.3) is 0 Å². The summed E-state index contributed by atoms with van der Waals surface area (Å²) in [5, 5.41) is 11.0. The summed E-state index contributed by atoms with van der Waals surface area (Å²) in [5.41, 5.74) is 1.16. The molecule has 0 bridgehead atoms. The van der Waals surface area contributed by atoms with Crippen LogP contribution in [0.5, 0.6) is 0 Å². The second kappa shape index (κ2) is 5.38. The normalized spacial score (nSPS) is 17.6. The molecule has 1 fully saturated rings. The van der Waals surface area contributed by atoms with Crippen LogP contribution in [0.2, 0.25) is 0 Å². The van der Waals surface area contributed by atoms with Crippen LogP contribution in [0, 0.1) is 24.0 Å². The average molecular weight is 298 g/mol. The van der Waals surface area contributed by atoms with E-state index in [-0.39, 0.29) is 37.2 Å². The highest BCUT2D eigenvalue weighted by Gasteiger charge is 2.36. The molecule has 0 aliphatic carbocycles. The van der Waals surface area contributed by atoms with E-state index in [1.807, 2.05) is 0 Å². The number of hydrogen-bond acceptors (Lipinski definition) is 3. The van der Waals surface area contributed by atoms with E-state index in [9.17, 15) is 23.7 Å². The molecule has 0 N–H and O–H groups in total. The van der Waals surface area contributed by atoms with Gasteiger partial charge in [-0.15, -0.1) is 0 Å². The predicted octanol–water partition coefficient (Wildman–Crippen LogP) is 3.08. The Morgan fingerprint density at radius 2 is 1.81 bits per heavy atom. The van der Waals surface area contributed by atoms with Crippen molar-refractivity contribution in [2.45, 2.75) is 32.6 Å². The number of amides is 1. The zero-order valence-corrected chi connectivity index (χ0v) is 11.9. The van der Waals surface area contributed by atoms with E-state index in [0.717, 1.165) is 0 Å². The van der Waals surface area contributed by atoms with Gasteiger partial charge >= 0.3 is 0 Å². The number of alkyl halides is 2. The number of likely N-dealkylation sites (tertiary alicyclic amines) is 1. The van der Waals surface area contributed by atoms with Crippen LogP contribution in [-0.4, -0.2) is 34.7 Å². The molecule has 1 aromatic carbocycles. The predicted molar refractivity (Wildman–Crippen MR) is 72.7 cm³/mol. The van der Waals surface area contributed by atoms with Gasteiger partial charge in [-0.3, -0.25) is 14.9 Å². The molecule has 0 atom stereocenters. The molecule has 7 heteroatoms. The number of aryl methyl sites for hydroxylation is 2. The summed E-state index contributed by atoms with van der Waals surface area (Å²) >= 11 is 0. The lowest BCUT2D eigenvalue weighted by Gasteiger charge is -2.32. The van der Waals surface area contributed by atoms with Crippen molar-refractivity contribution in [2.75, 3.05) is 13.1 Å². The Morgan fingerprint density at radius 1 is 1.24 bits per heavy atom. The number of benzene rings is 1. The van der Waals surface area contributed by atoms with E-state index in [4.69, 9.17) is 0 Å². The third kappa shape index (κ3) is 3.17. The van der Waals surface area contributed by atoms with Gasteiger partial charge in [-0.05, 0) is 25.5 Å². The van der Waals surface area contributed by atoms with Gasteiger partial charge in [0.05, 0.1) is 4.92 Å². The minimum atomic E-state index is -2.73. The lowest BCUT2D eigenvalue weighted by molar-refractivity contribution is -0.385. The van der Waals surface area contributed by atoms with Crippen molar-refractivity contribution < 1.29 is 18.5 Å². The fourth-order valence-electron chi connectivity index (χ4n) is 2.48. The van der Waals surface area contributed by atoms with Gasteiger partial charge in [-0.25, -0.2) is 8.78 Å². The molecule has 114 valence electrons. The second-order valence-electron chi connectivity index (χ2n) is 5.36. The molecular weight excluding hydrogens is 282 g/mol. The van der Waals surface area contributed by atoms with E-state index >= 15 is 0 Å². The topological polar surface area (TPSA) is 63.5 Å². The number of piperidine rings is 1. The molecular formula is C14H16F2N2O3. The van der Waals surface area contributed by atoms with Gasteiger partial charge in [0, 0.05) is 43.1 Å². The number of carbonyl (C=O) groups excluding carboxylic acids is 1. The smallest absolute Gasteiger partial charge is 0.273 e. The fraction of sp³-hybridized carbons (Fsp3) is 0.500. The van der Waals surface area contributed by atoms with Gasteiger partial charge in [0.25, 0.3) is 17.5 Å². The lowest BCUT2D eigenvalue weighted by atomic mass is 10.0. The Kier molecular flexibility index (Phi) is 3.93. The number of nitrogens with zero attached hydrogens (tertiary/aromatic N) is 2. The summed E-state index contributed by atoms with van der Waals surface area (Å²) in [7, 11) is 0. The van der Waals surface area contributed by atoms with Gasteiger partial charge in [0.15, 0.2) is 0 Å². The standard InChI is InChI=1S/C14H16F2N2O3/c1-9-7-10(2)12(18(20)21)8-11(9)13(19)17-5-3-14(15,16)4-6-17/h7-8H,3-6H2,1-2H3. The van der Waals surface area contributed by atoms with Crippen LogP contribution >= 0.6 is 0 Å². The van der Waals surface area contributed by atoms with Crippen LogP contribution in [0.4, 0.5) is 14.5 Å². The average Bonchev–Trinajstić information content (AvgIpc) is 2.37. The van der Waals surface area contributed by atoms with Crippen LogP contribution in [-0.2, 0) is 0 Å². The van der Waals surface area contributed by atoms with Gasteiger partial charge in [0.1, 0.15) is 0 Å². The molecule has 0 saturated carbocycles. The maximum atomic E-state index is 13.1. The van der Waals surface area contributed by atoms with E-state index in [1.165, 1.54) is 11.0 Å². The molecule has 1 aliphatic rings. The Morgan fingerprint density at radius 3 is 2.33 bits per heavy atom. The summed E-state index contributed by atoms with van der Waals surface area (Å²) in [6, 6.07) is 2.81. The number of nitro groups is 1. The van der Waals surface area contributed by atoms with Crippen molar-refractivity contribution in [2.24, 2.45) is 0 Å². The molecule has 1 amide bonds. The number of rotatable bonds is 2. The number of carbonyl (C=O) groups is 1. The third-order valence-electron chi connectivity index (χ3n) is 3.75. The largest absolute Gasteiger partial charge is 0.338 e. The molecule has 0 radical (unpaired) electrons. The zero-order valence-electron chi connectivity index (χ0n) is 11.9. The highest BCUT2D eigenvalue weighted by molar-refractivity contribution is 5.96. The summed E-state index contributed by atoms with van der Waals surface area (Å²) < 4.78 is 26.2. The molecule has 0 unspecified atom stereocenters. The third-order valence-corrected chi connectivity index (χ3v) is 3.75. The maximum absolute atomic E-state index is 13.1. The van der Waals surface area contributed by atoms with Gasteiger partial charge in [-0.2, -0.15) is 0 Å². The van der Waals surface area contributed by atoms with Crippen molar-refractivity contribution in [3.8, 4) is 0 Å². The molecule has 0 spiro atoms. The Bertz CT molecular complexity index is 592. The molecule has 1 aliphatic heterocycles. The van der Waals surface area contributed by atoms with E-state index in [2.05, 4.69) is 0 Å². The fourth-order valence-corrected chi connectivity index (χ4v) is 2.48. The van der Waals surface area contributed by atoms with Crippen molar-refractivity contribution in [1.82, 2.24) is 4.90 Å². The Labute approximate surface area is 120 Å². The maximum Gasteiger partial charge on any atom is 0.273 e. The molecule has 1 aromatic rings. The van der Waals surface area contributed by atoms with Gasteiger partial charge < -0.3 is 4.90 Å². The zero-order chi connectivity index (χ0) is 15.8. The first-order chi connectivity index (χ1) is 9.71. The summed E-state index contributed by atoms with van der Waals surface area (Å²) in [5.74, 6) is -3.16. The van der Waals surface area contributed by atoms with E-state index < -0.39 is 16.8 Å². The van der Waals surface area contributed by atoms with Crippen molar-refractivity contribution >= 4 is 11.6 Å². The lowest BCUT2D eigenvalue weighted by Crippen LogP contribution is -2.42. The molecule has 5 nitrogen and oxygen atoms in total. The first kappa shape index (κ1) is 15.3. The van der Waals surface area contributed by atoms with E-state index in [1.54, 1.807) is 19.9 Å². The first-order valence-corrected chi connectivity index (χ1v) is 6.64. The van der Waals surface area contributed by atoms with Crippen molar-refractivity contribution in [1.29, 1.82) is 0 Å². The van der Waals surface area contributed by atoms with Crippen LogP contribution in [0.1, 0.15) is 34.3 Å². The van der Waals surface area contributed by atoms with E-state index in [0.29, 0.717) is 11.1 Å². The summed E-state index contributed by atoms with van der Waals surface area (Å²) in [4.78, 5) is 24.1. The van der Waals surface area contributed by atoms with Crippen molar-refractivity contribution in [3.63, 3.8) is 0 Å². The Hall–Kier alpha value is -2.05. The summed E-state index contributed by atoms with van der Waals surface area (Å²) in [6.07, 6.45) is -0.739. The minimum Gasteiger partial charge on any atom is -0.338 e. The second-order valence-corrected chi connectivity index (χ2v) is 5.36. The highest BCUT2D eigenvalue weighted by atomic mass is 19.3. The molecule has 0 aromatic heterocycles. The van der Waals surface area contributed by atoms with Gasteiger partial charge in [0.2, 0.25) is 0 Å². The molecule has 1 saturated heterocycles. The Balaban J connectivity index is 2.27. The molecule has 2 rings (SSSR count). The first-order valence-electron chi connectivity index (χ1n) is 6.64. The van der Waals surface area contributed by atoms with Crippen LogP contribution in [0.3, 0.4) is 0 Å². The van der Waals surface area contributed by atoms with Crippen LogP contribution in [0.15, 0.2) is 12.1 Å². The SMILES string of the molecule is Cc1cc(C)c([N+](=O)[O-])cc1C(=O)N1CCC(F)(F)CC1. The van der Waals surface area contributed by atoms with Crippen molar-refractivity contribution in [3.05, 3.63) is 38.9 Å². The summed E-state index contributed by atoms with van der Waals surface area (Å²) in [6.45, 7) is 3.21. The highest BCUT2D eigenvalue weighted by Crippen LogP contribution is 2.30. The number of nitro benzene ring substituents is 1.